The Labute approximate surface area is 378 Å². The molecule has 1 aliphatic heterocycles. The molecule has 358 valence electrons. The van der Waals surface area contributed by atoms with Crippen LogP contribution in [0.3, 0.4) is 0 Å². The fraction of sp³-hybridized carbons (Fsp3) is 0.755. The van der Waals surface area contributed by atoms with Gasteiger partial charge in [-0.05, 0) is 64.2 Å². The predicted molar refractivity (Wildman–Crippen MR) is 258 cm³/mol. The zero-order valence-electron chi connectivity index (χ0n) is 39.4. The van der Waals surface area contributed by atoms with Gasteiger partial charge in [-0.2, -0.15) is 0 Å². The van der Waals surface area contributed by atoms with E-state index in [0.29, 0.717) is 12.8 Å². The zero-order chi connectivity index (χ0) is 45.1. The second kappa shape index (κ2) is 42.6. The Balaban J connectivity index is 2.35. The number of aliphatic hydroxyl groups is 5. The first kappa shape index (κ1) is 57.6. The lowest BCUT2D eigenvalue weighted by Gasteiger charge is -2.40. The minimum absolute atomic E-state index is 0.205. The second-order valence-electron chi connectivity index (χ2n) is 17.2. The number of rotatable bonds is 41. The van der Waals surface area contributed by atoms with Crippen LogP contribution >= 0.6 is 0 Å². The first-order valence-electron chi connectivity index (χ1n) is 25.2. The molecule has 0 aliphatic carbocycles. The molecule has 1 aliphatic rings. The molecule has 0 radical (unpaired) electrons. The van der Waals surface area contributed by atoms with Gasteiger partial charge in [-0.3, -0.25) is 4.79 Å². The van der Waals surface area contributed by atoms with E-state index in [2.05, 4.69) is 79.9 Å². The summed E-state index contributed by atoms with van der Waals surface area (Å²) >= 11 is 0. The van der Waals surface area contributed by atoms with Gasteiger partial charge in [-0.15, -0.1) is 0 Å². The lowest BCUT2D eigenvalue weighted by atomic mass is 9.99. The van der Waals surface area contributed by atoms with Crippen molar-refractivity contribution < 1.29 is 39.8 Å². The van der Waals surface area contributed by atoms with Crippen molar-refractivity contribution in [1.29, 1.82) is 0 Å². The number of unbranched alkanes of at least 4 members (excludes halogenated alkanes) is 21. The summed E-state index contributed by atoms with van der Waals surface area (Å²) in [5.41, 5.74) is 0. The summed E-state index contributed by atoms with van der Waals surface area (Å²) in [4.78, 5) is 13.0. The zero-order valence-corrected chi connectivity index (χ0v) is 39.4. The van der Waals surface area contributed by atoms with Crippen LogP contribution in [0.2, 0.25) is 0 Å². The molecule has 1 amide bonds. The number of allylic oxidation sites excluding steroid dienone is 11. The van der Waals surface area contributed by atoms with Crippen LogP contribution in [0.4, 0.5) is 0 Å². The van der Waals surface area contributed by atoms with Crippen LogP contribution in [-0.4, -0.2) is 87.5 Å². The highest BCUT2D eigenvalue weighted by atomic mass is 16.7. The molecule has 1 saturated heterocycles. The monoisotopic (exact) mass is 872 g/mol. The number of aliphatic hydroxyl groups excluding tert-OH is 5. The molecular formula is C53H93NO8. The van der Waals surface area contributed by atoms with Crippen LogP contribution in [0.25, 0.3) is 0 Å². The Hall–Kier alpha value is -2.37. The van der Waals surface area contributed by atoms with Crippen molar-refractivity contribution in [2.75, 3.05) is 13.2 Å². The normalized spacial score (nSPS) is 20.9. The topological polar surface area (TPSA) is 149 Å². The molecule has 1 rings (SSSR count). The maximum atomic E-state index is 13.0. The van der Waals surface area contributed by atoms with Crippen LogP contribution in [0.5, 0.6) is 0 Å². The van der Waals surface area contributed by atoms with Crippen molar-refractivity contribution in [2.24, 2.45) is 0 Å². The van der Waals surface area contributed by atoms with Crippen molar-refractivity contribution in [2.45, 2.75) is 243 Å². The quantitative estimate of drug-likeness (QED) is 0.0263. The summed E-state index contributed by atoms with van der Waals surface area (Å²) in [6.07, 6.45) is 50.9. The number of carbonyl (C=O) groups excluding carboxylic acids is 1. The van der Waals surface area contributed by atoms with E-state index >= 15 is 0 Å². The van der Waals surface area contributed by atoms with Gasteiger partial charge in [0.15, 0.2) is 6.29 Å². The van der Waals surface area contributed by atoms with Gasteiger partial charge >= 0.3 is 0 Å². The number of carbonyl (C=O) groups is 1. The largest absolute Gasteiger partial charge is 0.394 e. The van der Waals surface area contributed by atoms with Crippen LogP contribution in [0, 0.1) is 0 Å². The fourth-order valence-corrected chi connectivity index (χ4v) is 7.53. The summed E-state index contributed by atoms with van der Waals surface area (Å²) in [5.74, 6) is -0.210. The predicted octanol–water partition coefficient (Wildman–Crippen LogP) is 11.3. The van der Waals surface area contributed by atoms with Crippen molar-refractivity contribution in [3.05, 3.63) is 72.9 Å². The number of ether oxygens (including phenoxy) is 2. The molecule has 0 aromatic carbocycles. The first-order chi connectivity index (χ1) is 30.3. The molecule has 9 heteroatoms. The fourth-order valence-electron chi connectivity index (χ4n) is 7.53. The molecule has 0 aromatic heterocycles. The lowest BCUT2D eigenvalue weighted by molar-refractivity contribution is -0.302. The van der Waals surface area contributed by atoms with Gasteiger partial charge in [0.2, 0.25) is 5.91 Å². The Morgan fingerprint density at radius 1 is 0.565 bits per heavy atom. The molecule has 62 heavy (non-hydrogen) atoms. The van der Waals surface area contributed by atoms with E-state index in [0.717, 1.165) is 70.6 Å². The van der Waals surface area contributed by atoms with Gasteiger partial charge in [-0.1, -0.05) is 202 Å². The number of hydrogen-bond acceptors (Lipinski definition) is 8. The minimum Gasteiger partial charge on any atom is -0.394 e. The lowest BCUT2D eigenvalue weighted by Crippen LogP contribution is -2.60. The maximum absolute atomic E-state index is 13.0. The Kier molecular flexibility index (Phi) is 39.6. The van der Waals surface area contributed by atoms with Crippen molar-refractivity contribution in [3.63, 3.8) is 0 Å². The average molecular weight is 872 g/mol. The van der Waals surface area contributed by atoms with E-state index < -0.39 is 49.5 Å². The highest BCUT2D eigenvalue weighted by Crippen LogP contribution is 2.23. The molecule has 1 heterocycles. The Morgan fingerprint density at radius 3 is 1.48 bits per heavy atom. The van der Waals surface area contributed by atoms with Gasteiger partial charge in [0, 0.05) is 6.42 Å². The molecule has 6 N–H and O–H groups in total. The number of amides is 1. The third-order valence-electron chi connectivity index (χ3n) is 11.5. The molecule has 0 saturated carbocycles. The first-order valence-corrected chi connectivity index (χ1v) is 25.2. The van der Waals surface area contributed by atoms with Crippen molar-refractivity contribution >= 4 is 5.91 Å². The van der Waals surface area contributed by atoms with E-state index in [9.17, 15) is 30.3 Å². The molecular weight excluding hydrogens is 779 g/mol. The third kappa shape index (κ3) is 32.3. The molecule has 0 spiro atoms. The van der Waals surface area contributed by atoms with Gasteiger partial charge in [0.1, 0.15) is 24.4 Å². The third-order valence-corrected chi connectivity index (χ3v) is 11.5. The molecule has 1 fully saturated rings. The Morgan fingerprint density at radius 2 is 1.00 bits per heavy atom. The SMILES string of the molecule is CC/C=C\C/C=C\C/C=C\C/C=C\C/C=C\CCCCCC(=O)NC(COC1OC(CO)C(O)C(O)C1O)C(O)/C=C/CCCCCCCCCCCCCCCCCCCC. The standard InChI is InChI=1S/C53H93NO8/c1-3-5-7-9-11-13-15-17-19-21-23-25-26-28-30-32-34-36-38-40-42-47(56)46(45-61-53-52(60)51(59)50(58)48(44-55)62-53)54-49(57)43-41-39-37-35-33-31-29-27-24-22-20-18-16-14-12-10-8-6-4-2/h6,8,12,14,18,20,24,27,31,33,40,42,46-48,50-53,55-56,58-60H,3-5,7,9-11,13,15-17,19,21-23,25-26,28-30,32,34-39,41,43-45H2,1-2H3,(H,54,57)/b8-6-,14-12-,20-18-,27-24-,33-31-,42-40+. The molecule has 7 atom stereocenters. The van der Waals surface area contributed by atoms with Crippen molar-refractivity contribution in [1.82, 2.24) is 5.32 Å². The van der Waals surface area contributed by atoms with Gasteiger partial charge < -0.3 is 40.3 Å². The van der Waals surface area contributed by atoms with Crippen LogP contribution in [0.15, 0.2) is 72.9 Å². The van der Waals surface area contributed by atoms with E-state index in [4.69, 9.17) is 9.47 Å². The molecule has 0 aromatic rings. The summed E-state index contributed by atoms with van der Waals surface area (Å²) in [5, 5.41) is 54.3. The van der Waals surface area contributed by atoms with Crippen LogP contribution in [-0.2, 0) is 14.3 Å². The van der Waals surface area contributed by atoms with Crippen molar-refractivity contribution in [3.8, 4) is 0 Å². The summed E-state index contributed by atoms with van der Waals surface area (Å²) in [6.45, 7) is 3.64. The highest BCUT2D eigenvalue weighted by Gasteiger charge is 2.44. The van der Waals surface area contributed by atoms with E-state index in [1.165, 1.54) is 103 Å². The highest BCUT2D eigenvalue weighted by molar-refractivity contribution is 5.76. The van der Waals surface area contributed by atoms with E-state index in [1.807, 2.05) is 6.08 Å². The van der Waals surface area contributed by atoms with Gasteiger partial charge in [0.25, 0.3) is 0 Å². The summed E-state index contributed by atoms with van der Waals surface area (Å²) < 4.78 is 11.2. The molecule has 9 nitrogen and oxygen atoms in total. The molecule has 0 bridgehead atoms. The summed E-state index contributed by atoms with van der Waals surface area (Å²) in [7, 11) is 0. The second-order valence-corrected chi connectivity index (χ2v) is 17.2. The molecule has 7 unspecified atom stereocenters. The van der Waals surface area contributed by atoms with Crippen LogP contribution < -0.4 is 5.32 Å². The van der Waals surface area contributed by atoms with Gasteiger partial charge in [0.05, 0.1) is 25.4 Å². The smallest absolute Gasteiger partial charge is 0.220 e. The van der Waals surface area contributed by atoms with Gasteiger partial charge in [-0.25, -0.2) is 0 Å². The maximum Gasteiger partial charge on any atom is 0.220 e. The minimum atomic E-state index is -1.58. The van der Waals surface area contributed by atoms with Crippen LogP contribution in [0.1, 0.15) is 200 Å². The van der Waals surface area contributed by atoms with E-state index in [-0.39, 0.29) is 12.5 Å². The Bertz CT molecular complexity index is 1200. The average Bonchev–Trinajstić information content (AvgIpc) is 3.27. The summed E-state index contributed by atoms with van der Waals surface area (Å²) in [6, 6.07) is -0.826. The van der Waals surface area contributed by atoms with E-state index in [1.54, 1.807) is 6.08 Å². The number of hydrogen-bond donors (Lipinski definition) is 6. The number of nitrogens with one attached hydrogen (secondary N) is 1.